The van der Waals surface area contributed by atoms with Crippen LogP contribution in [0.15, 0.2) is 30.3 Å². The molecule has 0 radical (unpaired) electrons. The van der Waals surface area contributed by atoms with Gasteiger partial charge in [-0.3, -0.25) is 0 Å². The number of urea groups is 1. The zero-order chi connectivity index (χ0) is 15.9. The van der Waals surface area contributed by atoms with Crippen LogP contribution in [0.4, 0.5) is 10.5 Å². The molecule has 2 saturated heterocycles. The molecule has 0 aromatic heterocycles. The Labute approximate surface area is 139 Å². The summed E-state index contributed by atoms with van der Waals surface area (Å²) in [6, 6.07) is 9.77. The third-order valence-electron chi connectivity index (χ3n) is 5.14. The van der Waals surface area contributed by atoms with Crippen LogP contribution in [0.2, 0.25) is 0 Å². The lowest BCUT2D eigenvalue weighted by Crippen LogP contribution is -2.43. The molecule has 2 aliphatic heterocycles. The normalized spacial score (nSPS) is 21.0. The fourth-order valence-corrected chi connectivity index (χ4v) is 3.73. The van der Waals surface area contributed by atoms with Crippen molar-refractivity contribution >= 4 is 11.7 Å². The number of para-hydroxylation sites is 1. The van der Waals surface area contributed by atoms with E-state index < -0.39 is 0 Å². The Hall–Kier alpha value is -1.55. The minimum absolute atomic E-state index is 0.0458. The van der Waals surface area contributed by atoms with E-state index in [0.717, 1.165) is 37.5 Å². The molecule has 23 heavy (non-hydrogen) atoms. The summed E-state index contributed by atoms with van der Waals surface area (Å²) in [5, 5.41) is 2.99. The number of carbonyl (C=O) groups excluding carboxylic acids is 1. The van der Waals surface area contributed by atoms with E-state index >= 15 is 0 Å². The second-order valence-electron chi connectivity index (χ2n) is 6.94. The Bertz CT molecular complexity index is 475. The van der Waals surface area contributed by atoms with Crippen LogP contribution in [0.3, 0.4) is 0 Å². The first kappa shape index (κ1) is 16.3. The first-order valence-electron chi connectivity index (χ1n) is 9.14. The Balaban J connectivity index is 1.42. The maximum Gasteiger partial charge on any atom is 0.321 e. The summed E-state index contributed by atoms with van der Waals surface area (Å²) >= 11 is 0. The highest BCUT2D eigenvalue weighted by molar-refractivity contribution is 5.89. The number of hydrogen-bond donors (Lipinski definition) is 1. The number of hydrogen-bond acceptors (Lipinski definition) is 2. The summed E-state index contributed by atoms with van der Waals surface area (Å²) in [6.07, 6.45) is 7.79. The molecule has 4 nitrogen and oxygen atoms in total. The predicted octanol–water partition coefficient (Wildman–Crippen LogP) is 3.81. The van der Waals surface area contributed by atoms with Gasteiger partial charge in [-0.25, -0.2) is 4.79 Å². The van der Waals surface area contributed by atoms with Crippen LogP contribution < -0.4 is 5.32 Å². The highest BCUT2D eigenvalue weighted by atomic mass is 16.2. The predicted molar refractivity (Wildman–Crippen MR) is 94.7 cm³/mol. The minimum Gasteiger partial charge on any atom is -0.325 e. The van der Waals surface area contributed by atoms with Crippen LogP contribution >= 0.6 is 0 Å². The van der Waals surface area contributed by atoms with Gasteiger partial charge in [-0.15, -0.1) is 0 Å². The van der Waals surface area contributed by atoms with Crippen molar-refractivity contribution in [3.05, 3.63) is 30.3 Å². The van der Waals surface area contributed by atoms with Gasteiger partial charge in [0, 0.05) is 25.3 Å². The lowest BCUT2D eigenvalue weighted by Gasteiger charge is -2.34. The molecular weight excluding hydrogens is 286 g/mol. The second-order valence-corrected chi connectivity index (χ2v) is 6.94. The molecule has 2 aliphatic rings. The Kier molecular flexibility index (Phi) is 5.92. The van der Waals surface area contributed by atoms with Crippen LogP contribution in [-0.2, 0) is 0 Å². The zero-order valence-corrected chi connectivity index (χ0v) is 14.0. The van der Waals surface area contributed by atoms with E-state index in [2.05, 4.69) is 10.2 Å². The Morgan fingerprint density at radius 2 is 1.61 bits per heavy atom. The summed E-state index contributed by atoms with van der Waals surface area (Å²) in [6.45, 7) is 5.55. The first-order chi connectivity index (χ1) is 11.3. The summed E-state index contributed by atoms with van der Waals surface area (Å²) in [5.41, 5.74) is 0.879. The third kappa shape index (κ3) is 4.96. The summed E-state index contributed by atoms with van der Waals surface area (Å²) in [5.74, 6) is 0.758. The van der Waals surface area contributed by atoms with E-state index in [9.17, 15) is 4.79 Å². The van der Waals surface area contributed by atoms with E-state index in [1.165, 1.54) is 45.3 Å². The molecule has 4 heteroatoms. The van der Waals surface area contributed by atoms with Crippen LogP contribution in [0.5, 0.6) is 0 Å². The topological polar surface area (TPSA) is 35.6 Å². The molecule has 0 bridgehead atoms. The summed E-state index contributed by atoms with van der Waals surface area (Å²) in [4.78, 5) is 16.9. The second kappa shape index (κ2) is 8.34. The van der Waals surface area contributed by atoms with Crippen molar-refractivity contribution in [2.45, 2.75) is 38.5 Å². The number of amides is 2. The third-order valence-corrected chi connectivity index (χ3v) is 5.14. The fraction of sp³-hybridized carbons (Fsp3) is 0.632. The van der Waals surface area contributed by atoms with Gasteiger partial charge < -0.3 is 15.1 Å². The molecule has 126 valence electrons. The number of piperidine rings is 1. The van der Waals surface area contributed by atoms with Gasteiger partial charge >= 0.3 is 6.03 Å². The van der Waals surface area contributed by atoms with Gasteiger partial charge in [-0.2, -0.15) is 0 Å². The van der Waals surface area contributed by atoms with Crippen LogP contribution in [0, 0.1) is 5.92 Å². The van der Waals surface area contributed by atoms with Gasteiger partial charge in [0.25, 0.3) is 0 Å². The van der Waals surface area contributed by atoms with Crippen molar-refractivity contribution in [3.63, 3.8) is 0 Å². The largest absolute Gasteiger partial charge is 0.325 e. The molecule has 0 atom stereocenters. The number of nitrogens with one attached hydrogen (secondary N) is 1. The molecule has 0 unspecified atom stereocenters. The zero-order valence-electron chi connectivity index (χ0n) is 14.0. The highest BCUT2D eigenvalue weighted by Crippen LogP contribution is 2.21. The quantitative estimate of drug-likeness (QED) is 0.920. The molecule has 0 aliphatic carbocycles. The number of likely N-dealkylation sites (tertiary alicyclic amines) is 2. The monoisotopic (exact) mass is 315 g/mol. The maximum absolute atomic E-state index is 12.3. The molecule has 1 aromatic carbocycles. The average molecular weight is 315 g/mol. The average Bonchev–Trinajstić information content (AvgIpc) is 2.85. The molecule has 0 saturated carbocycles. The van der Waals surface area contributed by atoms with Gasteiger partial charge in [0.2, 0.25) is 0 Å². The van der Waals surface area contributed by atoms with E-state index in [-0.39, 0.29) is 6.03 Å². The molecule has 2 amide bonds. The summed E-state index contributed by atoms with van der Waals surface area (Å²) in [7, 11) is 0. The number of carbonyl (C=O) groups is 1. The van der Waals surface area contributed by atoms with Crippen LogP contribution in [0.1, 0.15) is 38.5 Å². The van der Waals surface area contributed by atoms with Crippen molar-refractivity contribution in [3.8, 4) is 0 Å². The van der Waals surface area contributed by atoms with E-state index in [1.54, 1.807) is 0 Å². The Morgan fingerprint density at radius 1 is 0.957 bits per heavy atom. The van der Waals surface area contributed by atoms with Gasteiger partial charge in [0.05, 0.1) is 0 Å². The number of nitrogens with zero attached hydrogens (tertiary/aromatic N) is 2. The van der Waals surface area contributed by atoms with Crippen LogP contribution in [0.25, 0.3) is 0 Å². The van der Waals surface area contributed by atoms with Crippen molar-refractivity contribution < 1.29 is 4.79 Å². The van der Waals surface area contributed by atoms with Crippen molar-refractivity contribution in [1.29, 1.82) is 0 Å². The highest BCUT2D eigenvalue weighted by Gasteiger charge is 2.24. The van der Waals surface area contributed by atoms with Gasteiger partial charge in [-0.05, 0) is 56.8 Å². The van der Waals surface area contributed by atoms with E-state index in [0.29, 0.717) is 0 Å². The number of rotatable bonds is 3. The fourth-order valence-electron chi connectivity index (χ4n) is 3.73. The first-order valence-corrected chi connectivity index (χ1v) is 9.14. The molecule has 2 heterocycles. The smallest absolute Gasteiger partial charge is 0.321 e. The Morgan fingerprint density at radius 3 is 2.26 bits per heavy atom. The number of anilines is 1. The molecule has 3 rings (SSSR count). The molecular formula is C19H29N3O. The van der Waals surface area contributed by atoms with Crippen LogP contribution in [-0.4, -0.2) is 48.6 Å². The van der Waals surface area contributed by atoms with E-state index in [4.69, 9.17) is 0 Å². The lowest BCUT2D eigenvalue weighted by molar-refractivity contribution is 0.155. The van der Waals surface area contributed by atoms with E-state index in [1.807, 2.05) is 35.2 Å². The minimum atomic E-state index is 0.0458. The standard InChI is InChI=1S/C19H29N3O/c23-19(20-18-8-4-3-5-9-18)22-14-10-17(11-15-22)16-21-12-6-1-2-7-13-21/h3-5,8-9,17H,1-2,6-7,10-16H2,(H,20,23). The van der Waals surface area contributed by atoms with Gasteiger partial charge in [0.1, 0.15) is 0 Å². The molecule has 0 spiro atoms. The molecule has 1 aromatic rings. The SMILES string of the molecule is O=C(Nc1ccccc1)N1CCC(CN2CCCCCC2)CC1. The van der Waals surface area contributed by atoms with Gasteiger partial charge in [0.15, 0.2) is 0 Å². The summed E-state index contributed by atoms with van der Waals surface area (Å²) < 4.78 is 0. The van der Waals surface area contributed by atoms with Gasteiger partial charge in [-0.1, -0.05) is 31.0 Å². The number of benzene rings is 1. The van der Waals surface area contributed by atoms with Crippen molar-refractivity contribution in [2.24, 2.45) is 5.92 Å². The van der Waals surface area contributed by atoms with Crippen molar-refractivity contribution in [1.82, 2.24) is 9.80 Å². The molecule has 2 fully saturated rings. The van der Waals surface area contributed by atoms with Crippen molar-refractivity contribution in [2.75, 3.05) is 38.0 Å². The maximum atomic E-state index is 12.3. The molecule has 1 N–H and O–H groups in total. The lowest BCUT2D eigenvalue weighted by atomic mass is 9.96.